The Balaban J connectivity index is 3.06. The molecule has 1 aromatic heterocycles. The molecule has 0 saturated carbocycles. The molecular weight excluding hydrogens is 166 g/mol. The number of hydrogen-bond donors (Lipinski definition) is 1. The van der Waals surface area contributed by atoms with Crippen molar-refractivity contribution in [1.82, 2.24) is 9.97 Å². The lowest BCUT2D eigenvalue weighted by Crippen LogP contribution is -2.04. The summed E-state index contributed by atoms with van der Waals surface area (Å²) in [5.41, 5.74) is 6.50. The van der Waals surface area contributed by atoms with Gasteiger partial charge < -0.3 is 10.5 Å². The Morgan fingerprint density at radius 1 is 1.38 bits per heavy atom. The van der Waals surface area contributed by atoms with Crippen LogP contribution in [0.15, 0.2) is 0 Å². The van der Waals surface area contributed by atoms with Crippen molar-refractivity contribution >= 4 is 5.82 Å². The molecule has 0 amide bonds. The van der Waals surface area contributed by atoms with Crippen molar-refractivity contribution in [1.29, 1.82) is 0 Å². The molecule has 4 heteroatoms. The van der Waals surface area contributed by atoms with Crippen LogP contribution in [0.3, 0.4) is 0 Å². The third kappa shape index (κ3) is 2.08. The molecule has 2 N–H and O–H groups in total. The minimum absolute atomic E-state index is 0.510. The summed E-state index contributed by atoms with van der Waals surface area (Å²) in [6.07, 6.45) is 1.84. The van der Waals surface area contributed by atoms with Gasteiger partial charge in [-0.2, -0.15) is 4.98 Å². The second kappa shape index (κ2) is 4.07. The van der Waals surface area contributed by atoms with E-state index < -0.39 is 0 Å². The van der Waals surface area contributed by atoms with Gasteiger partial charge in [0.05, 0.1) is 12.7 Å². The molecule has 0 aliphatic carbocycles. The average Bonchev–Trinajstić information content (AvgIpc) is 2.11. The highest BCUT2D eigenvalue weighted by Crippen LogP contribution is 2.19. The van der Waals surface area contributed by atoms with Crippen molar-refractivity contribution in [2.75, 3.05) is 12.8 Å². The van der Waals surface area contributed by atoms with Crippen LogP contribution in [0.2, 0.25) is 0 Å². The summed E-state index contributed by atoms with van der Waals surface area (Å²) in [5, 5.41) is 0. The summed E-state index contributed by atoms with van der Waals surface area (Å²) in [5.74, 6) is 1.84. The normalized spacial score (nSPS) is 10.1. The van der Waals surface area contributed by atoms with Gasteiger partial charge in [-0.25, -0.2) is 4.98 Å². The average molecular weight is 181 g/mol. The molecular formula is C9H15N3O. The lowest BCUT2D eigenvalue weighted by Gasteiger charge is -2.07. The monoisotopic (exact) mass is 181 g/mol. The number of nitrogens with two attached hydrogens (primary N) is 1. The van der Waals surface area contributed by atoms with Gasteiger partial charge in [-0.3, -0.25) is 0 Å². The quantitative estimate of drug-likeness (QED) is 0.764. The standard InChI is InChI=1S/C9H15N3O/c1-4-5-7-11-8(10)6(2)9(12-7)13-3/h4-5H2,1-3H3,(H2,10,11,12). The number of anilines is 1. The largest absolute Gasteiger partial charge is 0.481 e. The Bertz CT molecular complexity index is 299. The minimum Gasteiger partial charge on any atom is -0.481 e. The SMILES string of the molecule is CCCc1nc(N)c(C)c(OC)n1. The number of aryl methyl sites for hydroxylation is 1. The predicted octanol–water partition coefficient (Wildman–Crippen LogP) is 1.33. The third-order valence-corrected chi connectivity index (χ3v) is 1.85. The van der Waals surface area contributed by atoms with Gasteiger partial charge in [0.15, 0.2) is 0 Å². The van der Waals surface area contributed by atoms with Crippen LogP contribution >= 0.6 is 0 Å². The second-order valence-corrected chi connectivity index (χ2v) is 2.91. The lowest BCUT2D eigenvalue weighted by molar-refractivity contribution is 0.391. The molecule has 13 heavy (non-hydrogen) atoms. The molecule has 4 nitrogen and oxygen atoms in total. The van der Waals surface area contributed by atoms with Crippen molar-refractivity contribution in [3.05, 3.63) is 11.4 Å². The van der Waals surface area contributed by atoms with Crippen molar-refractivity contribution in [3.63, 3.8) is 0 Å². The summed E-state index contributed by atoms with van der Waals surface area (Å²) in [4.78, 5) is 8.39. The van der Waals surface area contributed by atoms with E-state index in [0.717, 1.165) is 24.2 Å². The van der Waals surface area contributed by atoms with E-state index in [9.17, 15) is 0 Å². The van der Waals surface area contributed by atoms with Crippen LogP contribution in [0.25, 0.3) is 0 Å². The molecule has 1 heterocycles. The first-order valence-electron chi connectivity index (χ1n) is 4.36. The van der Waals surface area contributed by atoms with E-state index in [1.54, 1.807) is 7.11 Å². The number of methoxy groups -OCH3 is 1. The minimum atomic E-state index is 0.510. The molecule has 0 saturated heterocycles. The Kier molecular flexibility index (Phi) is 3.06. The van der Waals surface area contributed by atoms with Crippen LogP contribution in [0.4, 0.5) is 5.82 Å². The fraction of sp³-hybridized carbons (Fsp3) is 0.556. The molecule has 1 rings (SSSR count). The van der Waals surface area contributed by atoms with E-state index >= 15 is 0 Å². The van der Waals surface area contributed by atoms with Gasteiger partial charge in [0.1, 0.15) is 11.6 Å². The smallest absolute Gasteiger partial charge is 0.221 e. The van der Waals surface area contributed by atoms with E-state index in [-0.39, 0.29) is 0 Å². The highest BCUT2D eigenvalue weighted by Gasteiger charge is 2.07. The maximum absolute atomic E-state index is 5.70. The first-order chi connectivity index (χ1) is 6.19. The summed E-state index contributed by atoms with van der Waals surface area (Å²) in [6.45, 7) is 3.93. The molecule has 72 valence electrons. The second-order valence-electron chi connectivity index (χ2n) is 2.91. The van der Waals surface area contributed by atoms with E-state index in [1.807, 2.05) is 6.92 Å². The summed E-state index contributed by atoms with van der Waals surface area (Å²) < 4.78 is 5.08. The fourth-order valence-corrected chi connectivity index (χ4v) is 1.09. The molecule has 0 unspecified atom stereocenters. The molecule has 0 bridgehead atoms. The van der Waals surface area contributed by atoms with Gasteiger partial charge in [-0.1, -0.05) is 6.92 Å². The first-order valence-corrected chi connectivity index (χ1v) is 4.36. The molecule has 0 fully saturated rings. The molecule has 0 radical (unpaired) electrons. The maximum atomic E-state index is 5.70. The topological polar surface area (TPSA) is 61.0 Å². The number of hydrogen-bond acceptors (Lipinski definition) is 4. The number of aromatic nitrogens is 2. The number of nitrogen functional groups attached to an aromatic ring is 1. The van der Waals surface area contributed by atoms with Gasteiger partial charge >= 0.3 is 0 Å². The van der Waals surface area contributed by atoms with E-state index in [0.29, 0.717) is 11.7 Å². The zero-order valence-corrected chi connectivity index (χ0v) is 8.29. The van der Waals surface area contributed by atoms with Crippen LogP contribution in [-0.4, -0.2) is 17.1 Å². The van der Waals surface area contributed by atoms with Gasteiger partial charge in [0, 0.05) is 6.42 Å². The van der Waals surface area contributed by atoms with Crippen LogP contribution in [-0.2, 0) is 6.42 Å². The van der Waals surface area contributed by atoms with Crippen LogP contribution in [0.5, 0.6) is 5.88 Å². The predicted molar refractivity (Wildman–Crippen MR) is 51.7 cm³/mol. The molecule has 0 aliphatic rings. The van der Waals surface area contributed by atoms with E-state index in [1.165, 1.54) is 0 Å². The Morgan fingerprint density at radius 2 is 2.08 bits per heavy atom. The van der Waals surface area contributed by atoms with Gasteiger partial charge in [-0.15, -0.1) is 0 Å². The van der Waals surface area contributed by atoms with Crippen molar-refractivity contribution in [2.24, 2.45) is 0 Å². The van der Waals surface area contributed by atoms with E-state index in [4.69, 9.17) is 10.5 Å². The third-order valence-electron chi connectivity index (χ3n) is 1.85. The van der Waals surface area contributed by atoms with Crippen LogP contribution < -0.4 is 10.5 Å². The molecule has 0 atom stereocenters. The van der Waals surface area contributed by atoms with Crippen molar-refractivity contribution in [2.45, 2.75) is 26.7 Å². The zero-order valence-electron chi connectivity index (χ0n) is 8.29. The Hall–Kier alpha value is -1.32. The Morgan fingerprint density at radius 3 is 2.62 bits per heavy atom. The van der Waals surface area contributed by atoms with Gasteiger partial charge in [-0.05, 0) is 13.3 Å². The highest BCUT2D eigenvalue weighted by molar-refractivity contribution is 5.44. The molecule has 0 aliphatic heterocycles. The number of rotatable bonds is 3. The van der Waals surface area contributed by atoms with Crippen molar-refractivity contribution < 1.29 is 4.74 Å². The first kappa shape index (κ1) is 9.77. The number of nitrogens with zero attached hydrogens (tertiary/aromatic N) is 2. The lowest BCUT2D eigenvalue weighted by atomic mass is 10.3. The van der Waals surface area contributed by atoms with Gasteiger partial charge in [0.25, 0.3) is 0 Å². The summed E-state index contributed by atoms with van der Waals surface area (Å²) >= 11 is 0. The van der Waals surface area contributed by atoms with Crippen molar-refractivity contribution in [3.8, 4) is 5.88 Å². The molecule has 0 aromatic carbocycles. The highest BCUT2D eigenvalue weighted by atomic mass is 16.5. The van der Waals surface area contributed by atoms with E-state index in [2.05, 4.69) is 16.9 Å². The summed E-state index contributed by atoms with van der Waals surface area (Å²) in [6, 6.07) is 0. The number of ether oxygens (including phenoxy) is 1. The zero-order chi connectivity index (χ0) is 9.84. The summed E-state index contributed by atoms with van der Waals surface area (Å²) in [7, 11) is 1.59. The molecule has 0 spiro atoms. The van der Waals surface area contributed by atoms with Gasteiger partial charge in [0.2, 0.25) is 5.88 Å². The van der Waals surface area contributed by atoms with Crippen LogP contribution in [0, 0.1) is 6.92 Å². The maximum Gasteiger partial charge on any atom is 0.221 e. The van der Waals surface area contributed by atoms with Crippen LogP contribution in [0.1, 0.15) is 24.7 Å². The Labute approximate surface area is 78.1 Å². The fourth-order valence-electron chi connectivity index (χ4n) is 1.09. The molecule has 1 aromatic rings.